The van der Waals surface area contributed by atoms with Crippen LogP contribution < -0.4 is 28.3 Å². The van der Waals surface area contributed by atoms with Crippen molar-refractivity contribution in [3.8, 4) is 0 Å². The quantitative estimate of drug-likeness (QED) is 0.106. The molecule has 0 bridgehead atoms. The topological polar surface area (TPSA) is 321 Å². The summed E-state index contributed by atoms with van der Waals surface area (Å²) in [6, 6.07) is -3.33. The third kappa shape index (κ3) is 7.35. The lowest BCUT2D eigenvalue weighted by Crippen LogP contribution is -2.69. The molecule has 0 aromatic rings. The van der Waals surface area contributed by atoms with Crippen molar-refractivity contribution < 1.29 is 64.2 Å². The van der Waals surface area contributed by atoms with E-state index in [1.807, 2.05) is 0 Å². The van der Waals surface area contributed by atoms with Gasteiger partial charge < -0.3 is 87.7 Å². The van der Waals surface area contributed by atoms with Gasteiger partial charge in [-0.3, -0.25) is 0 Å². The summed E-state index contributed by atoms with van der Waals surface area (Å²) in [6.45, 7) is -0.577. The largest absolute Gasteiger partial charge is 0.450 e. The minimum absolute atomic E-state index is 0.0175. The molecular formula is C22H43N5O13. The molecule has 2 saturated heterocycles. The fourth-order valence-corrected chi connectivity index (χ4v) is 4.94. The Morgan fingerprint density at radius 3 is 2.08 bits per heavy atom. The maximum absolute atomic E-state index is 12.4. The Hall–Kier alpha value is -1.33. The third-order valence-electron chi connectivity index (χ3n) is 7.32. The van der Waals surface area contributed by atoms with Crippen LogP contribution in [-0.2, 0) is 23.7 Å². The Morgan fingerprint density at radius 1 is 0.825 bits per heavy atom. The number of aliphatic hydroxyl groups excluding tert-OH is 7. The summed E-state index contributed by atoms with van der Waals surface area (Å²) in [5.74, 6) is 0. The van der Waals surface area contributed by atoms with Gasteiger partial charge in [-0.05, 0) is 19.4 Å². The highest BCUT2D eigenvalue weighted by Gasteiger charge is 2.52. The van der Waals surface area contributed by atoms with E-state index in [0.29, 0.717) is 6.42 Å². The SMILES string of the molecule is NCCCOC(=O)N[C@@H]1C[C@H](N)[C@@H](O[C@@H]2O[C@H](CN)[C@@H](O)[C@H](O)[C@@H]2O)[C@H](O)[C@@H]1O[C@H]1O[C@H](CO)[C@@H](O)[C@H](N)[C@@H]1O. The molecule has 18 heteroatoms. The number of nitrogens with one attached hydrogen (secondary N) is 1. The van der Waals surface area contributed by atoms with Gasteiger partial charge in [0.25, 0.3) is 0 Å². The van der Waals surface area contributed by atoms with Gasteiger partial charge in [-0.1, -0.05) is 0 Å². The minimum Gasteiger partial charge on any atom is -0.450 e. The zero-order valence-corrected chi connectivity index (χ0v) is 21.8. The van der Waals surface area contributed by atoms with Crippen molar-refractivity contribution in [3.63, 3.8) is 0 Å². The molecule has 0 unspecified atom stereocenters. The number of amides is 1. The molecule has 40 heavy (non-hydrogen) atoms. The van der Waals surface area contributed by atoms with Gasteiger partial charge in [0.15, 0.2) is 12.6 Å². The molecule has 1 saturated carbocycles. The third-order valence-corrected chi connectivity index (χ3v) is 7.32. The van der Waals surface area contributed by atoms with Gasteiger partial charge in [0.2, 0.25) is 0 Å². The lowest BCUT2D eigenvalue weighted by atomic mass is 9.83. The van der Waals surface area contributed by atoms with Gasteiger partial charge in [-0.2, -0.15) is 0 Å². The number of carbonyl (C=O) groups excluding carboxylic acids is 1. The van der Waals surface area contributed by atoms with Gasteiger partial charge in [0, 0.05) is 12.6 Å². The Bertz CT molecular complexity index is 800. The fourth-order valence-electron chi connectivity index (χ4n) is 4.94. The zero-order chi connectivity index (χ0) is 29.7. The Kier molecular flexibility index (Phi) is 12.2. The van der Waals surface area contributed by atoms with E-state index in [1.165, 1.54) is 0 Å². The first-order valence-electron chi connectivity index (χ1n) is 13.1. The molecule has 3 fully saturated rings. The van der Waals surface area contributed by atoms with Gasteiger partial charge in [0.05, 0.1) is 25.3 Å². The van der Waals surface area contributed by atoms with Crippen LogP contribution in [0.5, 0.6) is 0 Å². The average Bonchev–Trinajstić information content (AvgIpc) is 2.93. The molecule has 1 amide bonds. The van der Waals surface area contributed by atoms with Crippen molar-refractivity contribution in [2.45, 2.75) is 105 Å². The summed E-state index contributed by atoms with van der Waals surface area (Å²) in [4.78, 5) is 12.4. The van der Waals surface area contributed by atoms with Crippen molar-refractivity contribution in [2.24, 2.45) is 22.9 Å². The molecule has 3 aliphatic rings. The molecule has 16 N–H and O–H groups in total. The van der Waals surface area contributed by atoms with E-state index in [1.54, 1.807) is 0 Å². The van der Waals surface area contributed by atoms with E-state index < -0.39 is 104 Å². The summed E-state index contributed by atoms with van der Waals surface area (Å²) in [5.41, 5.74) is 23.1. The Balaban J connectivity index is 1.82. The van der Waals surface area contributed by atoms with Crippen molar-refractivity contribution in [3.05, 3.63) is 0 Å². The van der Waals surface area contributed by atoms with Crippen LogP contribution in [0.15, 0.2) is 0 Å². The summed E-state index contributed by atoms with van der Waals surface area (Å²) in [5, 5.41) is 74.8. The molecule has 0 aromatic heterocycles. The molecule has 2 aliphatic heterocycles. The monoisotopic (exact) mass is 585 g/mol. The smallest absolute Gasteiger partial charge is 0.407 e. The van der Waals surface area contributed by atoms with Crippen LogP contribution in [0.2, 0.25) is 0 Å². The van der Waals surface area contributed by atoms with Crippen LogP contribution in [0.25, 0.3) is 0 Å². The molecule has 2 heterocycles. The average molecular weight is 586 g/mol. The number of rotatable bonds is 10. The second-order valence-corrected chi connectivity index (χ2v) is 10.2. The number of ether oxygens (including phenoxy) is 5. The van der Waals surface area contributed by atoms with Gasteiger partial charge in [-0.15, -0.1) is 0 Å². The molecule has 15 atom stereocenters. The number of nitrogens with two attached hydrogens (primary N) is 4. The first kappa shape index (κ1) is 33.2. The Morgan fingerprint density at radius 2 is 1.45 bits per heavy atom. The van der Waals surface area contributed by atoms with Crippen LogP contribution in [0, 0.1) is 0 Å². The van der Waals surface area contributed by atoms with Gasteiger partial charge in [-0.25, -0.2) is 4.79 Å². The summed E-state index contributed by atoms with van der Waals surface area (Å²) < 4.78 is 27.6. The molecule has 0 radical (unpaired) electrons. The molecule has 0 aromatic carbocycles. The van der Waals surface area contributed by atoms with E-state index in [2.05, 4.69) is 5.32 Å². The van der Waals surface area contributed by atoms with Crippen molar-refractivity contribution in [2.75, 3.05) is 26.3 Å². The van der Waals surface area contributed by atoms with E-state index in [9.17, 15) is 40.5 Å². The van der Waals surface area contributed by atoms with E-state index >= 15 is 0 Å². The normalized spacial score (nSPS) is 46.1. The van der Waals surface area contributed by atoms with Crippen molar-refractivity contribution in [1.29, 1.82) is 0 Å². The van der Waals surface area contributed by atoms with Crippen LogP contribution in [0.3, 0.4) is 0 Å². The lowest BCUT2D eigenvalue weighted by Gasteiger charge is -2.48. The maximum Gasteiger partial charge on any atom is 0.407 e. The second-order valence-electron chi connectivity index (χ2n) is 10.2. The zero-order valence-electron chi connectivity index (χ0n) is 21.8. The molecule has 3 rings (SSSR count). The second kappa shape index (κ2) is 14.7. The van der Waals surface area contributed by atoms with Crippen LogP contribution in [0.1, 0.15) is 12.8 Å². The first-order chi connectivity index (χ1) is 18.9. The predicted molar refractivity (Wildman–Crippen MR) is 132 cm³/mol. The summed E-state index contributed by atoms with van der Waals surface area (Å²) in [7, 11) is 0. The van der Waals surface area contributed by atoms with Crippen molar-refractivity contribution in [1.82, 2.24) is 5.32 Å². The highest BCUT2D eigenvalue weighted by molar-refractivity contribution is 5.67. The number of alkyl carbamates (subject to hydrolysis) is 1. The van der Waals surface area contributed by atoms with Gasteiger partial charge in [0.1, 0.15) is 61.0 Å². The van der Waals surface area contributed by atoms with Crippen LogP contribution >= 0.6 is 0 Å². The highest BCUT2D eigenvalue weighted by atomic mass is 16.7. The highest BCUT2D eigenvalue weighted by Crippen LogP contribution is 2.32. The molecule has 1 aliphatic carbocycles. The maximum atomic E-state index is 12.4. The lowest BCUT2D eigenvalue weighted by molar-refractivity contribution is -0.332. The molecule has 0 spiro atoms. The standard InChI is InChI=1S/C22H43N5O13/c23-2-1-3-36-22(35)27-8-4-7(25)18(39-21-16(33)15(32)13(30)9(5-24)37-21)17(34)19(8)40-20-14(31)11(26)12(29)10(6-28)38-20/h7-21,28-34H,1-6,23-26H2,(H,27,35)/t7-,8+,9+,10+,11-,12+,13+,14-,15-,16-,17-,18+,19+,20+,21-/m0/s1. The van der Waals surface area contributed by atoms with Crippen molar-refractivity contribution >= 4 is 6.09 Å². The van der Waals surface area contributed by atoms with Crippen LogP contribution in [0.4, 0.5) is 4.79 Å². The number of carbonyl (C=O) groups is 1. The number of hydrogen-bond acceptors (Lipinski definition) is 17. The minimum atomic E-state index is -1.74. The number of hydrogen-bond donors (Lipinski definition) is 12. The summed E-state index contributed by atoms with van der Waals surface area (Å²) in [6.07, 6.45) is -18.4. The Labute approximate surface area is 230 Å². The van der Waals surface area contributed by atoms with E-state index in [4.69, 9.17) is 46.6 Å². The van der Waals surface area contributed by atoms with Gasteiger partial charge >= 0.3 is 6.09 Å². The first-order valence-corrected chi connectivity index (χ1v) is 13.1. The fraction of sp³-hybridized carbons (Fsp3) is 0.955. The van der Waals surface area contributed by atoms with E-state index in [-0.39, 0.29) is 26.1 Å². The van der Waals surface area contributed by atoms with E-state index in [0.717, 1.165) is 0 Å². The predicted octanol–water partition coefficient (Wildman–Crippen LogP) is -7.18. The molecule has 234 valence electrons. The molecular weight excluding hydrogens is 542 g/mol. The number of aliphatic hydroxyl groups is 7. The summed E-state index contributed by atoms with van der Waals surface area (Å²) >= 11 is 0. The molecule has 18 nitrogen and oxygen atoms in total. The van der Waals surface area contributed by atoms with Crippen LogP contribution in [-0.4, -0.2) is 160 Å².